The van der Waals surface area contributed by atoms with Crippen molar-refractivity contribution in [2.24, 2.45) is 5.73 Å². The number of aromatic nitrogens is 1. The molecule has 0 saturated carbocycles. The molecule has 4 N–H and O–H groups in total. The van der Waals surface area contributed by atoms with Crippen LogP contribution in [-0.2, 0) is 11.3 Å². The maximum Gasteiger partial charge on any atom is 0.352 e. The van der Waals surface area contributed by atoms with E-state index in [2.05, 4.69) is 5.32 Å². The van der Waals surface area contributed by atoms with E-state index in [0.717, 1.165) is 30.2 Å². The highest BCUT2D eigenvalue weighted by atomic mass is 16.4. The number of benzene rings is 1. The Balaban J connectivity index is 2.11. The van der Waals surface area contributed by atoms with Crippen molar-refractivity contribution in [1.29, 1.82) is 0 Å². The number of fused-ring (bicyclic) bond motifs is 1. The predicted molar refractivity (Wildman–Crippen MR) is 90.7 cm³/mol. The third kappa shape index (κ3) is 4.10. The van der Waals surface area contributed by atoms with Crippen molar-refractivity contribution in [3.63, 3.8) is 0 Å². The number of nitrogens with zero attached hydrogens (tertiary/aromatic N) is 1. The number of hydrogen-bond acceptors (Lipinski definition) is 3. The molecule has 0 fully saturated rings. The largest absolute Gasteiger partial charge is 0.477 e. The number of nitrogens with two attached hydrogens (primary N) is 1. The van der Waals surface area contributed by atoms with Gasteiger partial charge < -0.3 is 20.7 Å². The number of hydrogen-bond donors (Lipinski definition) is 3. The topological polar surface area (TPSA) is 97.4 Å². The fourth-order valence-electron chi connectivity index (χ4n) is 2.70. The van der Waals surface area contributed by atoms with Crippen LogP contribution >= 0.6 is 0 Å². The zero-order chi connectivity index (χ0) is 16.8. The van der Waals surface area contributed by atoms with Crippen molar-refractivity contribution >= 4 is 28.5 Å². The minimum Gasteiger partial charge on any atom is -0.477 e. The van der Waals surface area contributed by atoms with E-state index >= 15 is 0 Å². The molecule has 0 saturated heterocycles. The Hall–Kier alpha value is -2.34. The van der Waals surface area contributed by atoms with Crippen LogP contribution in [0.1, 0.15) is 43.1 Å². The molecule has 0 atom stereocenters. The van der Waals surface area contributed by atoms with Gasteiger partial charge in [-0.1, -0.05) is 6.42 Å². The molecule has 0 spiro atoms. The van der Waals surface area contributed by atoms with Gasteiger partial charge in [-0.05, 0) is 50.6 Å². The van der Waals surface area contributed by atoms with E-state index in [1.54, 1.807) is 16.7 Å². The Morgan fingerprint density at radius 2 is 2.00 bits per heavy atom. The molecule has 1 aromatic carbocycles. The molecule has 0 aliphatic rings. The first-order valence-electron chi connectivity index (χ1n) is 7.93. The van der Waals surface area contributed by atoms with Crippen molar-refractivity contribution in [3.05, 3.63) is 30.0 Å². The molecule has 1 heterocycles. The number of aryl methyl sites for hydroxylation is 1. The van der Waals surface area contributed by atoms with Gasteiger partial charge in [0, 0.05) is 29.6 Å². The van der Waals surface area contributed by atoms with Gasteiger partial charge in [-0.25, -0.2) is 4.79 Å². The first kappa shape index (κ1) is 17.0. The van der Waals surface area contributed by atoms with E-state index in [0.29, 0.717) is 25.2 Å². The summed E-state index contributed by atoms with van der Waals surface area (Å²) in [6, 6.07) is 7.09. The molecular weight excluding hydrogens is 294 g/mol. The van der Waals surface area contributed by atoms with Gasteiger partial charge in [0.1, 0.15) is 5.69 Å². The second-order valence-corrected chi connectivity index (χ2v) is 5.50. The summed E-state index contributed by atoms with van der Waals surface area (Å²) in [5, 5.41) is 12.9. The third-order valence-corrected chi connectivity index (χ3v) is 3.83. The highest BCUT2D eigenvalue weighted by Gasteiger charge is 2.14. The molecule has 0 radical (unpaired) electrons. The molecule has 124 valence electrons. The number of nitrogens with one attached hydrogen (secondary N) is 1. The number of rotatable bonds is 8. The fourth-order valence-corrected chi connectivity index (χ4v) is 2.70. The van der Waals surface area contributed by atoms with Gasteiger partial charge in [-0.3, -0.25) is 4.79 Å². The summed E-state index contributed by atoms with van der Waals surface area (Å²) in [5.74, 6) is -0.983. The van der Waals surface area contributed by atoms with Crippen LogP contribution in [0.2, 0.25) is 0 Å². The van der Waals surface area contributed by atoms with E-state index < -0.39 is 5.97 Å². The lowest BCUT2D eigenvalue weighted by Gasteiger charge is -2.07. The van der Waals surface area contributed by atoms with Crippen LogP contribution in [0, 0.1) is 0 Å². The number of carboxylic acid groups (broad SMARTS) is 1. The average Bonchev–Trinajstić information content (AvgIpc) is 2.89. The first-order chi connectivity index (χ1) is 11.1. The monoisotopic (exact) mass is 317 g/mol. The van der Waals surface area contributed by atoms with Gasteiger partial charge in [-0.15, -0.1) is 0 Å². The van der Waals surface area contributed by atoms with Crippen LogP contribution in [0.15, 0.2) is 24.3 Å². The number of unbranched alkanes of at least 4 members (excludes halogenated alkanes) is 2. The Labute approximate surface area is 135 Å². The molecule has 1 aromatic heterocycles. The van der Waals surface area contributed by atoms with Crippen molar-refractivity contribution in [2.75, 3.05) is 11.9 Å². The Kier molecular flexibility index (Phi) is 5.76. The molecule has 0 aliphatic heterocycles. The second kappa shape index (κ2) is 7.78. The lowest BCUT2D eigenvalue weighted by atomic mass is 10.2. The van der Waals surface area contributed by atoms with Gasteiger partial charge in [-0.2, -0.15) is 0 Å². The smallest absolute Gasteiger partial charge is 0.352 e. The first-order valence-corrected chi connectivity index (χ1v) is 7.93. The molecule has 0 bridgehead atoms. The number of aromatic carboxylic acids is 1. The van der Waals surface area contributed by atoms with Crippen molar-refractivity contribution in [3.8, 4) is 0 Å². The number of carbonyl (C=O) groups excluding carboxylic acids is 1. The summed E-state index contributed by atoms with van der Waals surface area (Å²) < 4.78 is 1.75. The second-order valence-electron chi connectivity index (χ2n) is 5.50. The highest BCUT2D eigenvalue weighted by molar-refractivity contribution is 5.98. The molecule has 6 heteroatoms. The molecule has 2 rings (SSSR count). The molecule has 0 aliphatic carbocycles. The lowest BCUT2D eigenvalue weighted by Crippen LogP contribution is -2.11. The minimum absolute atomic E-state index is 0.0326. The standard InChI is InChI=1S/C17H23N3O3/c1-2-20-14-8-7-13(10-12(14)11-15(20)17(22)23)19-16(21)6-4-3-5-9-18/h7-8,10-11H,2-6,9,18H2,1H3,(H,19,21)(H,22,23). The summed E-state index contributed by atoms with van der Waals surface area (Å²) in [6.07, 6.45) is 3.17. The number of amides is 1. The summed E-state index contributed by atoms with van der Waals surface area (Å²) in [5.41, 5.74) is 7.22. The van der Waals surface area contributed by atoms with E-state index in [9.17, 15) is 14.7 Å². The summed E-state index contributed by atoms with van der Waals surface area (Å²) in [6.45, 7) is 3.14. The molecule has 6 nitrogen and oxygen atoms in total. The Bertz CT molecular complexity index is 706. The van der Waals surface area contributed by atoms with E-state index in [4.69, 9.17) is 5.73 Å². The Morgan fingerprint density at radius 3 is 2.65 bits per heavy atom. The maximum absolute atomic E-state index is 11.9. The highest BCUT2D eigenvalue weighted by Crippen LogP contribution is 2.24. The van der Waals surface area contributed by atoms with Crippen molar-refractivity contribution in [2.45, 2.75) is 39.2 Å². The van der Waals surface area contributed by atoms with Gasteiger partial charge in [0.15, 0.2) is 0 Å². The van der Waals surface area contributed by atoms with E-state index in [-0.39, 0.29) is 11.6 Å². The van der Waals surface area contributed by atoms with E-state index in [1.165, 1.54) is 0 Å². The van der Waals surface area contributed by atoms with Crippen LogP contribution in [-0.4, -0.2) is 28.1 Å². The van der Waals surface area contributed by atoms with Crippen LogP contribution in [0.4, 0.5) is 5.69 Å². The van der Waals surface area contributed by atoms with Gasteiger partial charge in [0.05, 0.1) is 0 Å². The number of carboxylic acids is 1. The third-order valence-electron chi connectivity index (χ3n) is 3.83. The van der Waals surface area contributed by atoms with E-state index in [1.807, 2.05) is 19.1 Å². The quantitative estimate of drug-likeness (QED) is 0.652. The van der Waals surface area contributed by atoms with Gasteiger partial charge in [0.2, 0.25) is 5.91 Å². The minimum atomic E-state index is -0.950. The fraction of sp³-hybridized carbons (Fsp3) is 0.412. The van der Waals surface area contributed by atoms with Gasteiger partial charge >= 0.3 is 5.97 Å². The summed E-state index contributed by atoms with van der Waals surface area (Å²) in [4.78, 5) is 23.2. The predicted octanol–water partition coefficient (Wildman–Crippen LogP) is 2.82. The molecule has 2 aromatic rings. The average molecular weight is 317 g/mol. The maximum atomic E-state index is 11.9. The normalized spacial score (nSPS) is 10.9. The molecular formula is C17H23N3O3. The summed E-state index contributed by atoms with van der Waals surface area (Å²) >= 11 is 0. The summed E-state index contributed by atoms with van der Waals surface area (Å²) in [7, 11) is 0. The van der Waals surface area contributed by atoms with Crippen molar-refractivity contribution < 1.29 is 14.7 Å². The van der Waals surface area contributed by atoms with Crippen LogP contribution in [0.3, 0.4) is 0 Å². The Morgan fingerprint density at radius 1 is 1.22 bits per heavy atom. The number of anilines is 1. The lowest BCUT2D eigenvalue weighted by molar-refractivity contribution is -0.116. The van der Waals surface area contributed by atoms with Crippen molar-refractivity contribution in [1.82, 2.24) is 4.57 Å². The SMILES string of the molecule is CCn1c(C(=O)O)cc2cc(NC(=O)CCCCCN)ccc21. The van der Waals surface area contributed by atoms with Crippen LogP contribution in [0.5, 0.6) is 0 Å². The molecule has 1 amide bonds. The number of carbonyl (C=O) groups is 2. The van der Waals surface area contributed by atoms with Crippen LogP contribution in [0.25, 0.3) is 10.9 Å². The van der Waals surface area contributed by atoms with Gasteiger partial charge in [0.25, 0.3) is 0 Å². The molecule has 23 heavy (non-hydrogen) atoms. The zero-order valence-electron chi connectivity index (χ0n) is 13.3. The van der Waals surface area contributed by atoms with Crippen LogP contribution < -0.4 is 11.1 Å². The molecule has 0 unspecified atom stereocenters. The zero-order valence-corrected chi connectivity index (χ0v) is 13.3.